The molecular weight excluding hydrogens is 284 g/mol. The molecule has 0 saturated heterocycles. The molecule has 2 N–H and O–H groups in total. The van der Waals surface area contributed by atoms with E-state index in [4.69, 9.17) is 4.74 Å². The molecule has 1 aliphatic carbocycles. The van der Waals surface area contributed by atoms with E-state index >= 15 is 0 Å². The minimum absolute atomic E-state index is 0.0368. The highest BCUT2D eigenvalue weighted by atomic mass is 16.5. The highest BCUT2D eigenvalue weighted by Gasteiger charge is 2.28. The van der Waals surface area contributed by atoms with Crippen LogP contribution < -0.4 is 15.0 Å². The second-order valence-corrected chi connectivity index (χ2v) is 5.82. The third-order valence-corrected chi connectivity index (χ3v) is 4.16. The molecule has 0 unspecified atom stereocenters. The largest absolute Gasteiger partial charge is 0.508 e. The van der Waals surface area contributed by atoms with E-state index in [2.05, 4.69) is 5.32 Å². The minimum atomic E-state index is -0.281. The maximum atomic E-state index is 12.2. The van der Waals surface area contributed by atoms with E-state index in [-0.39, 0.29) is 36.8 Å². The Labute approximate surface area is 129 Å². The van der Waals surface area contributed by atoms with Crippen molar-refractivity contribution in [2.45, 2.75) is 38.1 Å². The molecule has 0 bridgehead atoms. The summed E-state index contributed by atoms with van der Waals surface area (Å²) in [6.45, 7) is -0.135. The summed E-state index contributed by atoms with van der Waals surface area (Å²) in [7, 11) is 0. The fourth-order valence-electron chi connectivity index (χ4n) is 3.03. The fourth-order valence-corrected chi connectivity index (χ4v) is 3.03. The van der Waals surface area contributed by atoms with Crippen LogP contribution in [0.3, 0.4) is 0 Å². The van der Waals surface area contributed by atoms with Gasteiger partial charge in [0.15, 0.2) is 6.61 Å². The summed E-state index contributed by atoms with van der Waals surface area (Å²) in [6, 6.07) is 4.75. The number of phenols is 1. The molecule has 1 fully saturated rings. The zero-order valence-corrected chi connectivity index (χ0v) is 12.4. The first-order valence-corrected chi connectivity index (χ1v) is 7.69. The van der Waals surface area contributed by atoms with E-state index in [1.165, 1.54) is 23.5 Å². The van der Waals surface area contributed by atoms with Crippen molar-refractivity contribution in [3.63, 3.8) is 0 Å². The maximum absolute atomic E-state index is 12.2. The van der Waals surface area contributed by atoms with Gasteiger partial charge in [0, 0.05) is 12.1 Å². The van der Waals surface area contributed by atoms with Crippen LogP contribution in [0.4, 0.5) is 5.69 Å². The maximum Gasteiger partial charge on any atom is 0.265 e. The first kappa shape index (κ1) is 14.7. The Balaban J connectivity index is 1.70. The van der Waals surface area contributed by atoms with Crippen LogP contribution in [-0.2, 0) is 9.59 Å². The molecule has 0 atom stereocenters. The number of aromatic hydroxyl groups is 1. The highest BCUT2D eigenvalue weighted by molar-refractivity contribution is 6.02. The van der Waals surface area contributed by atoms with Gasteiger partial charge in [0.1, 0.15) is 18.0 Å². The lowest BCUT2D eigenvalue weighted by atomic mass is 9.95. The quantitative estimate of drug-likeness (QED) is 0.888. The second kappa shape index (κ2) is 6.25. The number of nitrogens with one attached hydrogen (secondary N) is 1. The summed E-state index contributed by atoms with van der Waals surface area (Å²) in [4.78, 5) is 25.6. The second-order valence-electron chi connectivity index (χ2n) is 5.82. The number of nitrogens with zero attached hydrogens (tertiary/aromatic N) is 1. The average Bonchev–Trinajstić information content (AvgIpc) is 2.51. The molecule has 0 aromatic heterocycles. The van der Waals surface area contributed by atoms with Crippen molar-refractivity contribution in [3.05, 3.63) is 18.2 Å². The SMILES string of the molecule is O=C(CN1C(=O)COc2ccc(O)cc21)NC1CCCCC1. The van der Waals surface area contributed by atoms with Gasteiger partial charge < -0.3 is 15.2 Å². The number of anilines is 1. The van der Waals surface area contributed by atoms with Gasteiger partial charge in [0.25, 0.3) is 5.91 Å². The molecule has 1 aromatic carbocycles. The van der Waals surface area contributed by atoms with Crippen molar-refractivity contribution in [2.24, 2.45) is 0 Å². The average molecular weight is 304 g/mol. The number of phenolic OH excluding ortho intramolecular Hbond substituents is 1. The lowest BCUT2D eigenvalue weighted by Crippen LogP contribution is -2.47. The van der Waals surface area contributed by atoms with E-state index in [9.17, 15) is 14.7 Å². The van der Waals surface area contributed by atoms with E-state index in [0.29, 0.717) is 11.4 Å². The van der Waals surface area contributed by atoms with E-state index in [1.807, 2.05) is 0 Å². The van der Waals surface area contributed by atoms with Crippen LogP contribution in [0.1, 0.15) is 32.1 Å². The topological polar surface area (TPSA) is 78.9 Å². The molecule has 1 aromatic rings. The predicted octanol–water partition coefficient (Wildman–Crippen LogP) is 1.57. The third kappa shape index (κ3) is 3.16. The summed E-state index contributed by atoms with van der Waals surface area (Å²) in [5.74, 6) is 0.0888. The number of carbonyl (C=O) groups is 2. The molecular formula is C16H20N2O4. The Morgan fingerprint density at radius 2 is 2.09 bits per heavy atom. The van der Waals surface area contributed by atoms with Crippen molar-refractivity contribution in [1.82, 2.24) is 5.32 Å². The zero-order chi connectivity index (χ0) is 15.5. The number of hydrogen-bond donors (Lipinski definition) is 2. The lowest BCUT2D eigenvalue weighted by Gasteiger charge is -2.30. The van der Waals surface area contributed by atoms with Crippen molar-refractivity contribution in [1.29, 1.82) is 0 Å². The molecule has 0 radical (unpaired) electrons. The smallest absolute Gasteiger partial charge is 0.265 e. The van der Waals surface area contributed by atoms with Gasteiger partial charge in [-0.15, -0.1) is 0 Å². The molecule has 2 aliphatic rings. The van der Waals surface area contributed by atoms with Crippen LogP contribution in [0.15, 0.2) is 18.2 Å². The van der Waals surface area contributed by atoms with Crippen LogP contribution >= 0.6 is 0 Å². The van der Waals surface area contributed by atoms with Crippen molar-refractivity contribution in [3.8, 4) is 11.5 Å². The summed E-state index contributed by atoms with van der Waals surface area (Å²) in [5, 5.41) is 12.6. The standard InChI is InChI=1S/C16H20N2O4/c19-12-6-7-14-13(8-12)18(16(21)10-22-14)9-15(20)17-11-4-2-1-3-5-11/h6-8,11,19H,1-5,9-10H2,(H,17,20). The van der Waals surface area contributed by atoms with Gasteiger partial charge in [-0.05, 0) is 25.0 Å². The molecule has 3 rings (SSSR count). The molecule has 0 spiro atoms. The number of hydrogen-bond acceptors (Lipinski definition) is 4. The first-order valence-electron chi connectivity index (χ1n) is 7.69. The Kier molecular flexibility index (Phi) is 4.18. The van der Waals surface area contributed by atoms with Crippen LogP contribution in [-0.4, -0.2) is 36.1 Å². The lowest BCUT2D eigenvalue weighted by molar-refractivity contribution is -0.125. The molecule has 118 valence electrons. The molecule has 1 aliphatic heterocycles. The Morgan fingerprint density at radius 3 is 2.86 bits per heavy atom. The molecule has 1 heterocycles. The van der Waals surface area contributed by atoms with Gasteiger partial charge in [-0.2, -0.15) is 0 Å². The van der Waals surface area contributed by atoms with E-state index < -0.39 is 0 Å². The number of benzene rings is 1. The number of ether oxygens (including phenoxy) is 1. The van der Waals surface area contributed by atoms with Crippen molar-refractivity contribution in [2.75, 3.05) is 18.1 Å². The first-order chi connectivity index (χ1) is 10.6. The monoisotopic (exact) mass is 304 g/mol. The molecule has 2 amide bonds. The summed E-state index contributed by atoms with van der Waals surface area (Å²) in [6.07, 6.45) is 5.50. The molecule has 6 heteroatoms. The highest BCUT2D eigenvalue weighted by Crippen LogP contribution is 2.34. The Bertz CT molecular complexity index is 582. The fraction of sp³-hybridized carbons (Fsp3) is 0.500. The minimum Gasteiger partial charge on any atom is -0.508 e. The van der Waals surface area contributed by atoms with Gasteiger partial charge in [-0.3, -0.25) is 14.5 Å². The number of fused-ring (bicyclic) bond motifs is 1. The van der Waals surface area contributed by atoms with Gasteiger partial charge in [-0.1, -0.05) is 19.3 Å². The predicted molar refractivity (Wildman–Crippen MR) is 81.0 cm³/mol. The van der Waals surface area contributed by atoms with Crippen LogP contribution in [0.2, 0.25) is 0 Å². The van der Waals surface area contributed by atoms with E-state index in [0.717, 1.165) is 25.7 Å². The van der Waals surface area contributed by atoms with Gasteiger partial charge in [0.2, 0.25) is 5.91 Å². The summed E-state index contributed by atoms with van der Waals surface area (Å²) in [5.41, 5.74) is 0.440. The van der Waals surface area contributed by atoms with Crippen LogP contribution in [0, 0.1) is 0 Å². The number of rotatable bonds is 3. The molecule has 22 heavy (non-hydrogen) atoms. The Morgan fingerprint density at radius 1 is 1.32 bits per heavy atom. The van der Waals surface area contributed by atoms with Gasteiger partial charge in [-0.25, -0.2) is 0 Å². The third-order valence-electron chi connectivity index (χ3n) is 4.16. The Hall–Kier alpha value is -2.24. The van der Waals surface area contributed by atoms with Crippen LogP contribution in [0.25, 0.3) is 0 Å². The molecule has 6 nitrogen and oxygen atoms in total. The normalized spacial score (nSPS) is 18.5. The zero-order valence-electron chi connectivity index (χ0n) is 12.4. The van der Waals surface area contributed by atoms with Gasteiger partial charge in [0.05, 0.1) is 5.69 Å². The summed E-state index contributed by atoms with van der Waals surface area (Å²) < 4.78 is 5.32. The molecule has 1 saturated carbocycles. The number of carbonyl (C=O) groups excluding carboxylic acids is 2. The van der Waals surface area contributed by atoms with Crippen molar-refractivity contribution < 1.29 is 19.4 Å². The summed E-state index contributed by atoms with van der Waals surface area (Å²) >= 11 is 0. The number of amides is 2. The van der Waals surface area contributed by atoms with Crippen LogP contribution in [0.5, 0.6) is 11.5 Å². The van der Waals surface area contributed by atoms with Gasteiger partial charge >= 0.3 is 0 Å². The van der Waals surface area contributed by atoms with E-state index in [1.54, 1.807) is 6.07 Å². The van der Waals surface area contributed by atoms with Crippen molar-refractivity contribution >= 4 is 17.5 Å².